The number of likely N-dealkylation sites (N-methyl/N-ethyl adjacent to an activating group) is 1. The van der Waals surface area contributed by atoms with Gasteiger partial charge in [-0.05, 0) is 25.3 Å². The fourth-order valence-electron chi connectivity index (χ4n) is 3.49. The van der Waals surface area contributed by atoms with Crippen LogP contribution in [0.3, 0.4) is 0 Å². The van der Waals surface area contributed by atoms with Crippen LogP contribution < -0.4 is 4.90 Å². The number of hydrogen-bond acceptors (Lipinski definition) is 2. The van der Waals surface area contributed by atoms with Crippen LogP contribution in [-0.2, 0) is 11.3 Å². The third kappa shape index (κ3) is 1.95. The molecule has 20 heavy (non-hydrogen) atoms. The molecule has 1 aliphatic heterocycles. The minimum Gasteiger partial charge on any atom is -0.364 e. The highest BCUT2D eigenvalue weighted by Crippen LogP contribution is 2.29. The number of ether oxygens (including phenoxy) is 1. The van der Waals surface area contributed by atoms with Gasteiger partial charge in [0.1, 0.15) is 12.6 Å². The van der Waals surface area contributed by atoms with Crippen molar-refractivity contribution in [3.05, 3.63) is 30.0 Å². The Morgan fingerprint density at radius 2 is 2.20 bits per heavy atom. The van der Waals surface area contributed by atoms with Crippen molar-refractivity contribution in [2.75, 3.05) is 20.2 Å². The Morgan fingerprint density at radius 1 is 1.35 bits per heavy atom. The normalized spacial score (nSPS) is 24.4. The molecule has 1 aliphatic carbocycles. The first kappa shape index (κ1) is 12.4. The molecule has 0 radical (unpaired) electrons. The summed E-state index contributed by atoms with van der Waals surface area (Å²) in [5.74, 6) is 0. The molecule has 2 unspecified atom stereocenters. The van der Waals surface area contributed by atoms with Crippen molar-refractivity contribution in [1.29, 1.82) is 0 Å². The zero-order valence-electron chi connectivity index (χ0n) is 12.0. The summed E-state index contributed by atoms with van der Waals surface area (Å²) < 4.78 is 8.24. The predicted molar refractivity (Wildman–Crippen MR) is 77.8 cm³/mol. The number of benzene rings is 1. The summed E-state index contributed by atoms with van der Waals surface area (Å²) in [7, 11) is 2.31. The number of fused-ring (bicyclic) bond motifs is 3. The average molecular weight is 272 g/mol. The molecular formula is C16H22N3O+. The minimum atomic E-state index is 0.191. The number of hydrogen-bond donors (Lipinski definition) is 1. The standard InChI is InChI=1S/C16H21N3O/c1-18(12-5-4-6-12)11-15-16-13-7-2-3-8-14(13)17-19(16)9-10-20-15/h2-3,7-8,12,15H,4-6,9-11H2,1H3/p+1. The molecule has 2 aliphatic rings. The van der Waals surface area contributed by atoms with Gasteiger partial charge in [-0.25, -0.2) is 0 Å². The number of aromatic nitrogens is 2. The van der Waals surface area contributed by atoms with Gasteiger partial charge in [0.05, 0.1) is 37.5 Å². The smallest absolute Gasteiger partial charge is 0.148 e. The predicted octanol–water partition coefficient (Wildman–Crippen LogP) is 1.17. The fraction of sp³-hybridized carbons (Fsp3) is 0.562. The summed E-state index contributed by atoms with van der Waals surface area (Å²) in [6.07, 6.45) is 4.34. The first-order valence-corrected chi connectivity index (χ1v) is 7.72. The van der Waals surface area contributed by atoms with E-state index < -0.39 is 0 Å². The monoisotopic (exact) mass is 272 g/mol. The molecule has 4 heteroatoms. The number of rotatable bonds is 3. The van der Waals surface area contributed by atoms with Gasteiger partial charge in [-0.2, -0.15) is 5.10 Å². The maximum absolute atomic E-state index is 6.08. The second-order valence-corrected chi connectivity index (χ2v) is 6.16. The molecule has 0 bridgehead atoms. The van der Waals surface area contributed by atoms with E-state index in [1.165, 1.54) is 30.3 Å². The second-order valence-electron chi connectivity index (χ2n) is 6.16. The van der Waals surface area contributed by atoms with Crippen LogP contribution in [0, 0.1) is 0 Å². The Bertz CT molecular complexity index is 617. The number of quaternary nitrogens is 1. The lowest BCUT2D eigenvalue weighted by Gasteiger charge is -2.34. The molecule has 4 nitrogen and oxygen atoms in total. The molecule has 4 rings (SSSR count). The minimum absolute atomic E-state index is 0.191. The Morgan fingerprint density at radius 3 is 3.00 bits per heavy atom. The maximum Gasteiger partial charge on any atom is 0.148 e. The highest BCUT2D eigenvalue weighted by atomic mass is 16.5. The van der Waals surface area contributed by atoms with E-state index in [2.05, 4.69) is 36.0 Å². The lowest BCUT2D eigenvalue weighted by atomic mass is 9.91. The lowest BCUT2D eigenvalue weighted by Crippen LogP contribution is -3.14. The highest BCUT2D eigenvalue weighted by molar-refractivity contribution is 5.81. The molecular weight excluding hydrogens is 250 g/mol. The van der Waals surface area contributed by atoms with Crippen LogP contribution in [0.15, 0.2) is 24.3 Å². The van der Waals surface area contributed by atoms with Gasteiger partial charge in [0.2, 0.25) is 0 Å². The molecule has 0 amide bonds. The second kappa shape index (κ2) is 4.86. The van der Waals surface area contributed by atoms with Crippen LogP contribution in [-0.4, -0.2) is 36.0 Å². The molecule has 106 valence electrons. The van der Waals surface area contributed by atoms with E-state index >= 15 is 0 Å². The first-order valence-electron chi connectivity index (χ1n) is 7.72. The number of nitrogens with one attached hydrogen (secondary N) is 1. The van der Waals surface area contributed by atoms with Gasteiger partial charge in [0, 0.05) is 5.39 Å². The van der Waals surface area contributed by atoms with Crippen LogP contribution >= 0.6 is 0 Å². The van der Waals surface area contributed by atoms with Crippen molar-refractivity contribution in [1.82, 2.24) is 9.78 Å². The van der Waals surface area contributed by atoms with E-state index in [0.29, 0.717) is 0 Å². The molecule has 2 heterocycles. The van der Waals surface area contributed by atoms with Crippen LogP contribution in [0.4, 0.5) is 0 Å². The quantitative estimate of drug-likeness (QED) is 0.909. The van der Waals surface area contributed by atoms with Gasteiger partial charge in [-0.1, -0.05) is 18.2 Å². The van der Waals surface area contributed by atoms with Crippen molar-refractivity contribution < 1.29 is 9.64 Å². The average Bonchev–Trinajstić information content (AvgIpc) is 2.75. The Labute approximate surface area is 119 Å². The van der Waals surface area contributed by atoms with Crippen LogP contribution in [0.25, 0.3) is 10.9 Å². The largest absolute Gasteiger partial charge is 0.364 e. The van der Waals surface area contributed by atoms with E-state index in [1.54, 1.807) is 4.90 Å². The molecule has 1 aromatic carbocycles. The van der Waals surface area contributed by atoms with Crippen molar-refractivity contribution in [3.8, 4) is 0 Å². The van der Waals surface area contributed by atoms with Gasteiger partial charge in [-0.15, -0.1) is 0 Å². The summed E-state index contributed by atoms with van der Waals surface area (Å²) in [4.78, 5) is 1.61. The molecule has 0 spiro atoms. The highest BCUT2D eigenvalue weighted by Gasteiger charge is 2.32. The summed E-state index contributed by atoms with van der Waals surface area (Å²) in [5, 5.41) is 5.98. The summed E-state index contributed by atoms with van der Waals surface area (Å²) in [6.45, 7) is 2.72. The third-order valence-corrected chi connectivity index (χ3v) is 4.92. The molecule has 1 fully saturated rings. The maximum atomic E-state index is 6.08. The van der Waals surface area contributed by atoms with Crippen molar-refractivity contribution in [3.63, 3.8) is 0 Å². The Kier molecular flexibility index (Phi) is 3.00. The van der Waals surface area contributed by atoms with Crippen LogP contribution in [0.1, 0.15) is 31.1 Å². The van der Waals surface area contributed by atoms with Crippen molar-refractivity contribution in [2.24, 2.45) is 0 Å². The fourth-order valence-corrected chi connectivity index (χ4v) is 3.49. The zero-order valence-corrected chi connectivity index (χ0v) is 12.0. The molecule has 0 saturated heterocycles. The Balaban J connectivity index is 1.66. The summed E-state index contributed by atoms with van der Waals surface area (Å²) >= 11 is 0. The van der Waals surface area contributed by atoms with Gasteiger partial charge in [-0.3, -0.25) is 4.68 Å². The van der Waals surface area contributed by atoms with E-state index in [-0.39, 0.29) is 6.10 Å². The van der Waals surface area contributed by atoms with E-state index in [0.717, 1.165) is 31.3 Å². The SMILES string of the molecule is C[NH+](CC1OCCn2nc3ccccc3c21)C1CCC1. The summed E-state index contributed by atoms with van der Waals surface area (Å²) in [6, 6.07) is 9.26. The van der Waals surface area contributed by atoms with Gasteiger partial charge in [0.15, 0.2) is 0 Å². The lowest BCUT2D eigenvalue weighted by molar-refractivity contribution is -0.916. The number of nitrogens with zero attached hydrogens (tertiary/aromatic N) is 2. The van der Waals surface area contributed by atoms with E-state index in [9.17, 15) is 0 Å². The third-order valence-electron chi connectivity index (χ3n) is 4.92. The van der Waals surface area contributed by atoms with Crippen LogP contribution in [0.5, 0.6) is 0 Å². The molecule has 2 aromatic rings. The van der Waals surface area contributed by atoms with Crippen molar-refractivity contribution >= 4 is 10.9 Å². The van der Waals surface area contributed by atoms with Gasteiger partial charge >= 0.3 is 0 Å². The summed E-state index contributed by atoms with van der Waals surface area (Å²) in [5.41, 5.74) is 2.38. The Hall–Kier alpha value is -1.39. The topological polar surface area (TPSA) is 31.5 Å². The van der Waals surface area contributed by atoms with Crippen LogP contribution in [0.2, 0.25) is 0 Å². The molecule has 1 saturated carbocycles. The van der Waals surface area contributed by atoms with E-state index in [4.69, 9.17) is 9.84 Å². The first-order chi connectivity index (χ1) is 9.83. The van der Waals surface area contributed by atoms with E-state index in [1.807, 2.05) is 0 Å². The molecule has 1 N–H and O–H groups in total. The van der Waals surface area contributed by atoms with Crippen molar-refractivity contribution in [2.45, 2.75) is 38.0 Å². The molecule has 1 aromatic heterocycles. The van der Waals surface area contributed by atoms with Gasteiger partial charge in [0.25, 0.3) is 0 Å². The zero-order chi connectivity index (χ0) is 13.5. The van der Waals surface area contributed by atoms with Gasteiger partial charge < -0.3 is 9.64 Å². The molecule has 2 atom stereocenters.